The Labute approximate surface area is 160 Å². The van der Waals surface area contributed by atoms with Crippen LogP contribution in [0.1, 0.15) is 18.9 Å². The minimum atomic E-state index is -0.184. The Morgan fingerprint density at radius 2 is 1.70 bits per heavy atom. The molecule has 0 aliphatic carbocycles. The maximum Gasteiger partial charge on any atom is 0.238 e. The second-order valence-corrected chi connectivity index (χ2v) is 6.38. The monoisotopic (exact) mass is 369 g/mol. The summed E-state index contributed by atoms with van der Waals surface area (Å²) >= 11 is 0. The number of rotatable bonds is 9. The minimum absolute atomic E-state index is 0.132. The van der Waals surface area contributed by atoms with E-state index in [1.165, 1.54) is 0 Å². The predicted molar refractivity (Wildman–Crippen MR) is 108 cm³/mol. The quantitative estimate of drug-likeness (QED) is 0.712. The minimum Gasteiger partial charge on any atom is -0.495 e. The molecule has 0 fully saturated rings. The average Bonchev–Trinajstić information content (AvgIpc) is 2.62. The van der Waals surface area contributed by atoms with Gasteiger partial charge in [0.15, 0.2) is 0 Å². The lowest BCUT2D eigenvalue weighted by Gasteiger charge is -2.21. The van der Waals surface area contributed by atoms with Crippen LogP contribution in [-0.4, -0.2) is 43.5 Å². The first-order valence-corrected chi connectivity index (χ1v) is 9.03. The molecule has 6 heteroatoms. The van der Waals surface area contributed by atoms with Crippen molar-refractivity contribution in [3.63, 3.8) is 0 Å². The smallest absolute Gasteiger partial charge is 0.238 e. The lowest BCUT2D eigenvalue weighted by molar-refractivity contribution is -0.120. The second kappa shape index (κ2) is 10.3. The fourth-order valence-electron chi connectivity index (χ4n) is 2.80. The van der Waals surface area contributed by atoms with Gasteiger partial charge in [0.05, 0.1) is 25.9 Å². The molecule has 0 aliphatic heterocycles. The van der Waals surface area contributed by atoms with Gasteiger partial charge in [-0.1, -0.05) is 31.2 Å². The highest BCUT2D eigenvalue weighted by Gasteiger charge is 2.15. The van der Waals surface area contributed by atoms with Crippen LogP contribution >= 0.6 is 0 Å². The molecule has 0 aromatic heterocycles. The third kappa shape index (κ3) is 6.75. The van der Waals surface area contributed by atoms with Gasteiger partial charge in [0.2, 0.25) is 11.8 Å². The summed E-state index contributed by atoms with van der Waals surface area (Å²) in [5.74, 6) is 0.278. The van der Waals surface area contributed by atoms with Gasteiger partial charge in [-0.25, -0.2) is 0 Å². The highest BCUT2D eigenvalue weighted by Crippen LogP contribution is 2.22. The molecule has 2 aromatic rings. The summed E-state index contributed by atoms with van der Waals surface area (Å²) in [6.45, 7) is 4.93. The Hall–Kier alpha value is -2.86. The van der Waals surface area contributed by atoms with E-state index >= 15 is 0 Å². The molecular formula is C21H27N3O3. The SMILES string of the molecule is CCCN(CC(=O)Nc1cccc(C)c1)CC(=O)Nc1ccccc1OC. The first-order chi connectivity index (χ1) is 13.0. The van der Waals surface area contributed by atoms with Crippen LogP contribution in [0, 0.1) is 6.92 Å². The van der Waals surface area contributed by atoms with E-state index in [9.17, 15) is 9.59 Å². The fraction of sp³-hybridized carbons (Fsp3) is 0.333. The van der Waals surface area contributed by atoms with Crippen LogP contribution in [0.3, 0.4) is 0 Å². The van der Waals surface area contributed by atoms with Crippen molar-refractivity contribution in [2.45, 2.75) is 20.3 Å². The van der Waals surface area contributed by atoms with Crippen LogP contribution in [0.4, 0.5) is 11.4 Å². The third-order valence-corrected chi connectivity index (χ3v) is 3.96. The summed E-state index contributed by atoms with van der Waals surface area (Å²) in [6.07, 6.45) is 0.847. The van der Waals surface area contributed by atoms with Gasteiger partial charge in [-0.15, -0.1) is 0 Å². The van der Waals surface area contributed by atoms with Crippen molar-refractivity contribution < 1.29 is 14.3 Å². The standard InChI is InChI=1S/C21H27N3O3/c1-4-12-24(14-20(25)22-17-9-7-8-16(2)13-17)15-21(26)23-18-10-5-6-11-19(18)27-3/h5-11,13H,4,12,14-15H2,1-3H3,(H,22,25)(H,23,26). The van der Waals surface area contributed by atoms with Crippen molar-refractivity contribution in [1.29, 1.82) is 0 Å². The Morgan fingerprint density at radius 1 is 1.00 bits per heavy atom. The largest absolute Gasteiger partial charge is 0.495 e. The van der Waals surface area contributed by atoms with Crippen LogP contribution < -0.4 is 15.4 Å². The van der Waals surface area contributed by atoms with Crippen molar-refractivity contribution in [2.24, 2.45) is 0 Å². The van der Waals surface area contributed by atoms with E-state index in [1.807, 2.05) is 55.1 Å². The van der Waals surface area contributed by atoms with Crippen LogP contribution in [0.2, 0.25) is 0 Å². The molecule has 0 aliphatic rings. The number of hydrogen-bond donors (Lipinski definition) is 2. The van der Waals surface area contributed by atoms with E-state index < -0.39 is 0 Å². The number of nitrogens with one attached hydrogen (secondary N) is 2. The molecule has 0 bridgehead atoms. The van der Waals surface area contributed by atoms with Crippen LogP contribution in [0.15, 0.2) is 48.5 Å². The van der Waals surface area contributed by atoms with Gasteiger partial charge in [-0.05, 0) is 49.7 Å². The van der Waals surface area contributed by atoms with Crippen molar-refractivity contribution in [3.05, 3.63) is 54.1 Å². The molecule has 2 N–H and O–H groups in total. The summed E-state index contributed by atoms with van der Waals surface area (Å²) in [4.78, 5) is 26.6. The zero-order valence-electron chi connectivity index (χ0n) is 16.1. The Balaban J connectivity index is 1.93. The molecule has 144 valence electrons. The van der Waals surface area contributed by atoms with Gasteiger partial charge < -0.3 is 15.4 Å². The van der Waals surface area contributed by atoms with Crippen LogP contribution in [0.25, 0.3) is 0 Å². The average molecular weight is 369 g/mol. The zero-order valence-corrected chi connectivity index (χ0v) is 16.1. The number of amides is 2. The van der Waals surface area contributed by atoms with E-state index in [2.05, 4.69) is 10.6 Å². The zero-order chi connectivity index (χ0) is 19.6. The molecule has 0 radical (unpaired) electrons. The van der Waals surface area contributed by atoms with Gasteiger partial charge in [-0.3, -0.25) is 14.5 Å². The van der Waals surface area contributed by atoms with Gasteiger partial charge in [0, 0.05) is 5.69 Å². The summed E-state index contributed by atoms with van der Waals surface area (Å²) in [5.41, 5.74) is 2.45. The lowest BCUT2D eigenvalue weighted by atomic mass is 10.2. The highest BCUT2D eigenvalue weighted by molar-refractivity contribution is 5.95. The molecule has 27 heavy (non-hydrogen) atoms. The fourth-order valence-corrected chi connectivity index (χ4v) is 2.80. The Kier molecular flexibility index (Phi) is 7.82. The van der Waals surface area contributed by atoms with Gasteiger partial charge in [0.25, 0.3) is 0 Å². The third-order valence-electron chi connectivity index (χ3n) is 3.96. The molecule has 0 saturated carbocycles. The number of aryl methyl sites for hydroxylation is 1. The number of nitrogens with zero attached hydrogens (tertiary/aromatic N) is 1. The van der Waals surface area contributed by atoms with Crippen molar-refractivity contribution in [2.75, 3.05) is 37.4 Å². The number of carbonyl (C=O) groups is 2. The van der Waals surface area contributed by atoms with Gasteiger partial charge in [-0.2, -0.15) is 0 Å². The topological polar surface area (TPSA) is 70.7 Å². The van der Waals surface area contributed by atoms with Crippen LogP contribution in [0.5, 0.6) is 5.75 Å². The van der Waals surface area contributed by atoms with E-state index in [0.29, 0.717) is 18.0 Å². The molecule has 0 heterocycles. The second-order valence-electron chi connectivity index (χ2n) is 6.38. The number of para-hydroxylation sites is 2. The molecule has 0 spiro atoms. The number of anilines is 2. The van der Waals surface area contributed by atoms with E-state index in [1.54, 1.807) is 19.2 Å². The first kappa shape index (κ1) is 20.5. The number of benzene rings is 2. The first-order valence-electron chi connectivity index (χ1n) is 9.03. The molecule has 0 unspecified atom stereocenters. The molecule has 0 saturated heterocycles. The highest BCUT2D eigenvalue weighted by atomic mass is 16.5. The number of methoxy groups -OCH3 is 1. The van der Waals surface area contributed by atoms with Crippen molar-refractivity contribution in [3.8, 4) is 5.75 Å². The number of carbonyl (C=O) groups excluding carboxylic acids is 2. The van der Waals surface area contributed by atoms with E-state index in [0.717, 1.165) is 17.7 Å². The molecule has 6 nitrogen and oxygen atoms in total. The van der Waals surface area contributed by atoms with Crippen molar-refractivity contribution >= 4 is 23.2 Å². The Morgan fingerprint density at radius 3 is 2.37 bits per heavy atom. The maximum atomic E-state index is 12.4. The maximum absolute atomic E-state index is 12.4. The molecule has 2 rings (SSSR count). The molecular weight excluding hydrogens is 342 g/mol. The van der Waals surface area contributed by atoms with Crippen molar-refractivity contribution in [1.82, 2.24) is 4.90 Å². The van der Waals surface area contributed by atoms with Crippen LogP contribution in [-0.2, 0) is 9.59 Å². The van der Waals surface area contributed by atoms with E-state index in [4.69, 9.17) is 4.74 Å². The Bertz CT molecular complexity index is 777. The summed E-state index contributed by atoms with van der Waals surface area (Å²) in [6, 6.07) is 14.9. The molecule has 2 aromatic carbocycles. The normalized spacial score (nSPS) is 10.5. The van der Waals surface area contributed by atoms with Gasteiger partial charge in [0.1, 0.15) is 5.75 Å². The number of ether oxygens (including phenoxy) is 1. The summed E-state index contributed by atoms with van der Waals surface area (Å²) in [5, 5.41) is 5.72. The molecule has 0 atom stereocenters. The van der Waals surface area contributed by atoms with Gasteiger partial charge >= 0.3 is 0 Å². The summed E-state index contributed by atoms with van der Waals surface area (Å²) in [7, 11) is 1.56. The predicted octanol–water partition coefficient (Wildman–Crippen LogP) is 3.29. The number of hydrogen-bond acceptors (Lipinski definition) is 4. The summed E-state index contributed by atoms with van der Waals surface area (Å²) < 4.78 is 5.25. The van der Waals surface area contributed by atoms with E-state index in [-0.39, 0.29) is 24.9 Å². The lowest BCUT2D eigenvalue weighted by Crippen LogP contribution is -2.39. The molecule has 2 amide bonds.